The quantitative estimate of drug-likeness (QED) is 0.897. The fourth-order valence-electron chi connectivity index (χ4n) is 2.67. The van der Waals surface area contributed by atoms with Crippen molar-refractivity contribution in [2.24, 2.45) is 0 Å². The number of hydrogen-bond acceptors (Lipinski definition) is 4. The molecule has 1 aliphatic heterocycles. The molecule has 0 radical (unpaired) electrons. The van der Waals surface area contributed by atoms with Crippen LogP contribution in [0.5, 0.6) is 0 Å². The van der Waals surface area contributed by atoms with Crippen molar-refractivity contribution < 1.29 is 9.90 Å². The van der Waals surface area contributed by atoms with E-state index < -0.39 is 11.5 Å². The maximum Gasteiger partial charge on any atom is 0.323 e. The Hall–Kier alpha value is -1.95. The number of aliphatic carboxylic acids is 1. The maximum atomic E-state index is 11.4. The Bertz CT molecular complexity index is 591. The molecule has 1 N–H and O–H groups in total. The zero-order chi connectivity index (χ0) is 13.5. The standard InChI is InChI=1S/C13H16N4O2/c1-13(11(18)19)4-2-7-17(13)9-10-8-16-6-3-5-14-12(16)15-10/h3,5-6,8H,2,4,7,9H2,1H3,(H,18,19). The molecule has 1 fully saturated rings. The van der Waals surface area contributed by atoms with Crippen molar-refractivity contribution in [3.05, 3.63) is 30.4 Å². The van der Waals surface area contributed by atoms with Crippen LogP contribution in [0.25, 0.3) is 5.78 Å². The Morgan fingerprint density at radius 1 is 1.58 bits per heavy atom. The van der Waals surface area contributed by atoms with E-state index in [-0.39, 0.29) is 0 Å². The number of imidazole rings is 1. The molecule has 6 heteroatoms. The van der Waals surface area contributed by atoms with Crippen LogP contribution in [-0.2, 0) is 11.3 Å². The smallest absolute Gasteiger partial charge is 0.323 e. The molecule has 3 heterocycles. The van der Waals surface area contributed by atoms with Crippen LogP contribution >= 0.6 is 0 Å². The van der Waals surface area contributed by atoms with Gasteiger partial charge in [-0.05, 0) is 32.4 Å². The number of likely N-dealkylation sites (tertiary alicyclic amines) is 1. The normalized spacial score (nSPS) is 24.1. The predicted octanol–water partition coefficient (Wildman–Crippen LogP) is 1.17. The Balaban J connectivity index is 1.86. The minimum absolute atomic E-state index is 0.548. The summed E-state index contributed by atoms with van der Waals surface area (Å²) >= 11 is 0. The average Bonchev–Trinajstić information content (AvgIpc) is 2.94. The molecule has 0 aliphatic carbocycles. The highest BCUT2D eigenvalue weighted by Gasteiger charge is 2.43. The number of carboxylic acids is 1. The van der Waals surface area contributed by atoms with Crippen LogP contribution in [0.2, 0.25) is 0 Å². The molecule has 0 amide bonds. The number of fused-ring (bicyclic) bond motifs is 1. The molecule has 19 heavy (non-hydrogen) atoms. The summed E-state index contributed by atoms with van der Waals surface area (Å²) in [5.41, 5.74) is 0.0801. The molecule has 1 atom stereocenters. The second-order valence-electron chi connectivity index (χ2n) is 5.16. The van der Waals surface area contributed by atoms with Crippen LogP contribution in [-0.4, -0.2) is 42.4 Å². The number of carboxylic acid groups (broad SMARTS) is 1. The Labute approximate surface area is 110 Å². The van der Waals surface area contributed by atoms with Gasteiger partial charge >= 0.3 is 5.97 Å². The van der Waals surface area contributed by atoms with Crippen LogP contribution in [0.15, 0.2) is 24.7 Å². The molecule has 0 saturated carbocycles. The van der Waals surface area contributed by atoms with Crippen molar-refractivity contribution in [2.75, 3.05) is 6.54 Å². The molecule has 2 aromatic rings. The molecule has 6 nitrogen and oxygen atoms in total. The van der Waals surface area contributed by atoms with Gasteiger partial charge in [-0.1, -0.05) is 0 Å². The van der Waals surface area contributed by atoms with Crippen LogP contribution in [0, 0.1) is 0 Å². The number of aromatic nitrogens is 3. The van der Waals surface area contributed by atoms with E-state index in [1.54, 1.807) is 13.1 Å². The summed E-state index contributed by atoms with van der Waals surface area (Å²) in [6, 6.07) is 1.84. The number of nitrogens with zero attached hydrogens (tertiary/aromatic N) is 4. The highest BCUT2D eigenvalue weighted by molar-refractivity contribution is 5.78. The summed E-state index contributed by atoms with van der Waals surface area (Å²) in [4.78, 5) is 22.0. The first-order chi connectivity index (χ1) is 9.09. The largest absolute Gasteiger partial charge is 0.480 e. The third-order valence-electron chi connectivity index (χ3n) is 3.89. The molecule has 3 rings (SSSR count). The highest BCUT2D eigenvalue weighted by Crippen LogP contribution is 2.30. The summed E-state index contributed by atoms with van der Waals surface area (Å²) in [6.45, 7) is 3.13. The monoisotopic (exact) mass is 260 g/mol. The van der Waals surface area contributed by atoms with Gasteiger partial charge in [0.2, 0.25) is 5.78 Å². The van der Waals surface area contributed by atoms with Gasteiger partial charge in [0.1, 0.15) is 5.54 Å². The SMILES string of the molecule is CC1(C(=O)O)CCCN1Cc1cn2cccnc2n1. The minimum Gasteiger partial charge on any atom is -0.480 e. The second-order valence-corrected chi connectivity index (χ2v) is 5.16. The number of rotatable bonds is 3. The second kappa shape index (κ2) is 4.31. The fraction of sp³-hybridized carbons (Fsp3) is 0.462. The Kier molecular flexibility index (Phi) is 2.74. The lowest BCUT2D eigenvalue weighted by molar-refractivity contribution is -0.148. The van der Waals surface area contributed by atoms with Crippen molar-refractivity contribution in [3.63, 3.8) is 0 Å². The number of hydrogen-bond donors (Lipinski definition) is 1. The van der Waals surface area contributed by atoms with Gasteiger partial charge < -0.3 is 5.11 Å². The van der Waals surface area contributed by atoms with Crippen molar-refractivity contribution in [1.29, 1.82) is 0 Å². The van der Waals surface area contributed by atoms with Crippen molar-refractivity contribution >= 4 is 11.7 Å². The van der Waals surface area contributed by atoms with Crippen LogP contribution < -0.4 is 0 Å². The fourth-order valence-corrected chi connectivity index (χ4v) is 2.67. The third kappa shape index (κ3) is 1.98. The molecule has 1 aliphatic rings. The minimum atomic E-state index is -0.775. The first-order valence-corrected chi connectivity index (χ1v) is 6.37. The molecule has 100 valence electrons. The van der Waals surface area contributed by atoms with Gasteiger partial charge in [0.25, 0.3) is 0 Å². The maximum absolute atomic E-state index is 11.4. The summed E-state index contributed by atoms with van der Waals surface area (Å²) in [5, 5.41) is 9.38. The van der Waals surface area contributed by atoms with E-state index in [0.717, 1.165) is 18.7 Å². The van der Waals surface area contributed by atoms with Crippen molar-refractivity contribution in [1.82, 2.24) is 19.3 Å². The molecule has 1 saturated heterocycles. The van der Waals surface area contributed by atoms with Gasteiger partial charge in [0, 0.05) is 25.1 Å². The lowest BCUT2D eigenvalue weighted by Gasteiger charge is -2.30. The third-order valence-corrected chi connectivity index (χ3v) is 3.89. The van der Waals surface area contributed by atoms with Crippen molar-refractivity contribution in [3.8, 4) is 0 Å². The molecule has 0 aromatic carbocycles. The molecular formula is C13H16N4O2. The number of carbonyl (C=O) groups is 1. The van der Waals surface area contributed by atoms with Crippen LogP contribution in [0.4, 0.5) is 0 Å². The van der Waals surface area contributed by atoms with Gasteiger partial charge in [-0.3, -0.25) is 14.1 Å². The molecule has 0 bridgehead atoms. The molecule has 2 aromatic heterocycles. The summed E-state index contributed by atoms with van der Waals surface area (Å²) in [6.07, 6.45) is 7.09. The van der Waals surface area contributed by atoms with Gasteiger partial charge in [0.05, 0.1) is 5.69 Å². The first kappa shape index (κ1) is 12.1. The lowest BCUT2D eigenvalue weighted by atomic mass is 9.99. The van der Waals surface area contributed by atoms with Gasteiger partial charge in [-0.2, -0.15) is 0 Å². The Morgan fingerprint density at radius 3 is 3.16 bits per heavy atom. The van der Waals surface area contributed by atoms with E-state index in [0.29, 0.717) is 18.7 Å². The van der Waals surface area contributed by atoms with E-state index in [2.05, 4.69) is 9.97 Å². The van der Waals surface area contributed by atoms with Gasteiger partial charge in [0.15, 0.2) is 0 Å². The Morgan fingerprint density at radius 2 is 2.42 bits per heavy atom. The predicted molar refractivity (Wildman–Crippen MR) is 68.7 cm³/mol. The van der Waals surface area contributed by atoms with Gasteiger partial charge in [-0.25, -0.2) is 9.97 Å². The zero-order valence-corrected chi connectivity index (χ0v) is 10.8. The summed E-state index contributed by atoms with van der Waals surface area (Å²) in [5.74, 6) is -0.111. The van der Waals surface area contributed by atoms with Crippen molar-refractivity contribution in [2.45, 2.75) is 31.8 Å². The van der Waals surface area contributed by atoms with E-state index >= 15 is 0 Å². The molecule has 1 unspecified atom stereocenters. The van der Waals surface area contributed by atoms with E-state index in [9.17, 15) is 9.90 Å². The first-order valence-electron chi connectivity index (χ1n) is 6.37. The van der Waals surface area contributed by atoms with E-state index in [4.69, 9.17) is 0 Å². The highest BCUT2D eigenvalue weighted by atomic mass is 16.4. The topological polar surface area (TPSA) is 70.7 Å². The zero-order valence-electron chi connectivity index (χ0n) is 10.8. The molecular weight excluding hydrogens is 244 g/mol. The summed E-state index contributed by atoms with van der Waals surface area (Å²) < 4.78 is 1.85. The van der Waals surface area contributed by atoms with E-state index in [1.807, 2.05) is 27.8 Å². The van der Waals surface area contributed by atoms with E-state index in [1.165, 1.54) is 0 Å². The average molecular weight is 260 g/mol. The van der Waals surface area contributed by atoms with Crippen LogP contribution in [0.1, 0.15) is 25.5 Å². The lowest BCUT2D eigenvalue weighted by Crippen LogP contribution is -2.47. The van der Waals surface area contributed by atoms with Crippen LogP contribution in [0.3, 0.4) is 0 Å². The van der Waals surface area contributed by atoms with Gasteiger partial charge in [-0.15, -0.1) is 0 Å². The summed E-state index contributed by atoms with van der Waals surface area (Å²) in [7, 11) is 0. The molecule has 0 spiro atoms.